The van der Waals surface area contributed by atoms with Gasteiger partial charge in [0.15, 0.2) is 11.4 Å². The molecule has 0 saturated heterocycles. The predicted molar refractivity (Wildman–Crippen MR) is 129 cm³/mol. The lowest BCUT2D eigenvalue weighted by Gasteiger charge is -2.23. The molecular formula is C29H22FNO3. The fourth-order valence-electron chi connectivity index (χ4n) is 4.42. The summed E-state index contributed by atoms with van der Waals surface area (Å²) in [6, 6.07) is 29.8. The number of para-hydroxylation sites is 1. The molecule has 0 spiro atoms. The number of Topliss-reactive ketones (excluding diaryl/α,β-unsaturated/α-hetero) is 1. The average molecular weight is 451 g/mol. The number of amides is 1. The first-order valence-electron chi connectivity index (χ1n) is 11.0. The van der Waals surface area contributed by atoms with Crippen LogP contribution < -0.4 is 4.90 Å². The summed E-state index contributed by atoms with van der Waals surface area (Å²) < 4.78 is 13.3. The van der Waals surface area contributed by atoms with Crippen molar-refractivity contribution < 1.29 is 19.1 Å². The number of anilines is 1. The van der Waals surface area contributed by atoms with Gasteiger partial charge in [0, 0.05) is 11.1 Å². The highest BCUT2D eigenvalue weighted by molar-refractivity contribution is 6.10. The summed E-state index contributed by atoms with van der Waals surface area (Å²) in [4.78, 5) is 28.0. The van der Waals surface area contributed by atoms with Crippen molar-refractivity contribution in [3.8, 4) is 11.1 Å². The van der Waals surface area contributed by atoms with E-state index in [1.807, 2.05) is 42.5 Å². The Balaban J connectivity index is 1.41. The van der Waals surface area contributed by atoms with Crippen LogP contribution in [-0.4, -0.2) is 16.8 Å². The van der Waals surface area contributed by atoms with Gasteiger partial charge >= 0.3 is 0 Å². The maximum Gasteiger partial charge on any atom is 0.264 e. The molecule has 1 amide bonds. The molecule has 0 bridgehead atoms. The second kappa shape index (κ2) is 8.69. The molecule has 1 heterocycles. The van der Waals surface area contributed by atoms with Gasteiger partial charge in [0.2, 0.25) is 0 Å². The van der Waals surface area contributed by atoms with Gasteiger partial charge in [-0.1, -0.05) is 84.9 Å². The number of hydrogen-bond acceptors (Lipinski definition) is 3. The molecule has 1 atom stereocenters. The second-order valence-electron chi connectivity index (χ2n) is 8.44. The van der Waals surface area contributed by atoms with Crippen LogP contribution in [0.4, 0.5) is 10.1 Å². The first kappa shape index (κ1) is 21.7. The Morgan fingerprint density at radius 3 is 2.12 bits per heavy atom. The maximum absolute atomic E-state index is 13.4. The van der Waals surface area contributed by atoms with Gasteiger partial charge < -0.3 is 10.0 Å². The Labute approximate surface area is 196 Å². The van der Waals surface area contributed by atoms with Crippen molar-refractivity contribution in [1.82, 2.24) is 0 Å². The van der Waals surface area contributed by atoms with Gasteiger partial charge in [-0.15, -0.1) is 0 Å². The molecule has 1 aliphatic rings. The highest BCUT2D eigenvalue weighted by Gasteiger charge is 2.50. The van der Waals surface area contributed by atoms with Crippen LogP contribution >= 0.6 is 0 Å². The summed E-state index contributed by atoms with van der Waals surface area (Å²) in [5.41, 5.74) is 2.14. The Morgan fingerprint density at radius 1 is 0.794 bits per heavy atom. The lowest BCUT2D eigenvalue weighted by molar-refractivity contribution is -0.136. The van der Waals surface area contributed by atoms with Crippen LogP contribution in [0, 0.1) is 5.82 Å². The zero-order valence-electron chi connectivity index (χ0n) is 18.3. The molecule has 0 unspecified atom stereocenters. The van der Waals surface area contributed by atoms with Crippen molar-refractivity contribution in [3.63, 3.8) is 0 Å². The quantitative estimate of drug-likeness (QED) is 0.394. The third-order valence-corrected chi connectivity index (χ3v) is 6.22. The number of benzene rings is 4. The number of halogens is 1. The molecule has 5 heteroatoms. The maximum atomic E-state index is 13.4. The van der Waals surface area contributed by atoms with Gasteiger partial charge in [0.25, 0.3) is 5.91 Å². The average Bonchev–Trinajstić information content (AvgIpc) is 3.08. The van der Waals surface area contributed by atoms with E-state index in [-0.39, 0.29) is 24.6 Å². The molecular weight excluding hydrogens is 429 g/mol. The minimum Gasteiger partial charge on any atom is -0.375 e. The highest BCUT2D eigenvalue weighted by Crippen LogP contribution is 2.43. The van der Waals surface area contributed by atoms with Gasteiger partial charge in [0.05, 0.1) is 18.7 Å². The SMILES string of the molecule is O=C(C[C@]1(O)C(=O)N(Cc2ccc(F)cc2)c2ccccc21)c1ccc(-c2ccccc2)cc1. The zero-order valence-corrected chi connectivity index (χ0v) is 18.3. The van der Waals surface area contributed by atoms with E-state index < -0.39 is 11.5 Å². The smallest absolute Gasteiger partial charge is 0.264 e. The van der Waals surface area contributed by atoms with E-state index in [1.165, 1.54) is 17.0 Å². The van der Waals surface area contributed by atoms with Crippen molar-refractivity contribution in [1.29, 1.82) is 0 Å². The number of fused-ring (bicyclic) bond motifs is 1. The predicted octanol–water partition coefficient (Wildman–Crippen LogP) is 5.50. The van der Waals surface area contributed by atoms with E-state index >= 15 is 0 Å². The van der Waals surface area contributed by atoms with E-state index in [2.05, 4.69) is 0 Å². The summed E-state index contributed by atoms with van der Waals surface area (Å²) in [5, 5.41) is 11.5. The van der Waals surface area contributed by atoms with Gasteiger partial charge in [-0.25, -0.2) is 4.39 Å². The second-order valence-corrected chi connectivity index (χ2v) is 8.44. The molecule has 4 aromatic rings. The van der Waals surface area contributed by atoms with Crippen molar-refractivity contribution in [2.24, 2.45) is 0 Å². The van der Waals surface area contributed by atoms with Crippen LogP contribution in [0.15, 0.2) is 103 Å². The molecule has 34 heavy (non-hydrogen) atoms. The van der Waals surface area contributed by atoms with Crippen molar-refractivity contribution in [2.45, 2.75) is 18.6 Å². The Kier molecular flexibility index (Phi) is 5.56. The standard InChI is InChI=1S/C29H22FNO3/c30-24-16-10-20(11-17-24)19-31-26-9-5-4-8-25(26)29(34,28(31)33)18-27(32)23-14-12-22(13-15-23)21-6-2-1-3-7-21/h1-17,34H,18-19H2/t29-/m1/s1. The monoisotopic (exact) mass is 451 g/mol. The summed E-state index contributed by atoms with van der Waals surface area (Å²) in [6.45, 7) is 0.165. The molecule has 168 valence electrons. The lowest BCUT2D eigenvalue weighted by Crippen LogP contribution is -2.41. The molecule has 4 aromatic carbocycles. The van der Waals surface area contributed by atoms with Crippen molar-refractivity contribution >= 4 is 17.4 Å². The molecule has 0 saturated carbocycles. The third-order valence-electron chi connectivity index (χ3n) is 6.22. The molecule has 0 aliphatic carbocycles. The van der Waals surface area contributed by atoms with Crippen LogP contribution in [0.2, 0.25) is 0 Å². The number of carbonyl (C=O) groups excluding carboxylic acids is 2. The Morgan fingerprint density at radius 2 is 1.41 bits per heavy atom. The summed E-state index contributed by atoms with van der Waals surface area (Å²) in [5.74, 6) is -1.25. The molecule has 1 aliphatic heterocycles. The van der Waals surface area contributed by atoms with E-state index in [4.69, 9.17) is 0 Å². The van der Waals surface area contributed by atoms with Crippen LogP contribution in [0.25, 0.3) is 11.1 Å². The van der Waals surface area contributed by atoms with Crippen LogP contribution in [0.1, 0.15) is 27.9 Å². The van der Waals surface area contributed by atoms with Crippen molar-refractivity contribution in [3.05, 3.63) is 126 Å². The van der Waals surface area contributed by atoms with Crippen molar-refractivity contribution in [2.75, 3.05) is 4.90 Å². The molecule has 5 rings (SSSR count). The minimum atomic E-state index is -1.97. The minimum absolute atomic E-state index is 0.165. The normalized spacial score (nSPS) is 17.0. The van der Waals surface area contributed by atoms with E-state index in [9.17, 15) is 19.1 Å². The van der Waals surface area contributed by atoms with E-state index in [0.29, 0.717) is 16.8 Å². The Hall–Kier alpha value is -4.09. The summed E-state index contributed by atoms with van der Waals surface area (Å²) in [7, 11) is 0. The zero-order chi connectivity index (χ0) is 23.7. The lowest BCUT2D eigenvalue weighted by atomic mass is 9.88. The number of carbonyl (C=O) groups is 2. The number of nitrogens with zero attached hydrogens (tertiary/aromatic N) is 1. The topological polar surface area (TPSA) is 57.6 Å². The molecule has 4 nitrogen and oxygen atoms in total. The third kappa shape index (κ3) is 3.91. The van der Waals surface area contributed by atoms with Gasteiger partial charge in [-0.05, 0) is 34.9 Å². The number of aliphatic hydroxyl groups is 1. The van der Waals surface area contributed by atoms with E-state index in [1.54, 1.807) is 48.5 Å². The van der Waals surface area contributed by atoms with Crippen LogP contribution in [-0.2, 0) is 16.9 Å². The first-order valence-corrected chi connectivity index (χ1v) is 11.0. The van der Waals surface area contributed by atoms with E-state index in [0.717, 1.165) is 16.7 Å². The Bertz CT molecular complexity index is 1350. The molecule has 0 fully saturated rings. The molecule has 1 N–H and O–H groups in total. The molecule has 0 radical (unpaired) electrons. The molecule has 0 aromatic heterocycles. The fourth-order valence-corrected chi connectivity index (χ4v) is 4.42. The number of hydrogen-bond donors (Lipinski definition) is 1. The van der Waals surface area contributed by atoms with Gasteiger partial charge in [0.1, 0.15) is 5.82 Å². The number of ketones is 1. The van der Waals surface area contributed by atoms with Crippen LogP contribution in [0.3, 0.4) is 0 Å². The largest absolute Gasteiger partial charge is 0.375 e. The summed E-state index contributed by atoms with van der Waals surface area (Å²) >= 11 is 0. The van der Waals surface area contributed by atoms with Gasteiger partial charge in [-0.2, -0.15) is 0 Å². The van der Waals surface area contributed by atoms with Crippen LogP contribution in [0.5, 0.6) is 0 Å². The highest BCUT2D eigenvalue weighted by atomic mass is 19.1. The number of rotatable bonds is 6. The first-order chi connectivity index (χ1) is 16.5. The fraction of sp³-hybridized carbons (Fsp3) is 0.103. The van der Waals surface area contributed by atoms with Gasteiger partial charge in [-0.3, -0.25) is 9.59 Å². The summed E-state index contributed by atoms with van der Waals surface area (Å²) in [6.07, 6.45) is -0.368.